The van der Waals surface area contributed by atoms with Crippen LogP contribution in [0.4, 0.5) is 13.2 Å². The highest BCUT2D eigenvalue weighted by Gasteiger charge is 2.71. The number of thioether (sulfide) groups is 2. The molecule has 6 nitrogen and oxygen atoms in total. The zero-order valence-corrected chi connectivity index (χ0v) is 23.3. The number of carbonyl (C=O) groups excluding carboxylic acids is 3. The van der Waals surface area contributed by atoms with Gasteiger partial charge in [-0.2, -0.15) is 13.2 Å². The highest BCUT2D eigenvalue weighted by Crippen LogP contribution is 2.69. The molecule has 4 rings (SSSR count). The molecule has 0 aromatic rings. The predicted octanol–water partition coefficient (Wildman–Crippen LogP) is 5.54. The first-order chi connectivity index (χ1) is 17.3. The molecule has 0 amide bonds. The lowest BCUT2D eigenvalue weighted by Crippen LogP contribution is -2.63. The summed E-state index contributed by atoms with van der Waals surface area (Å²) in [6.07, 6.45) is 2.33. The average molecular weight is 565 g/mol. The van der Waals surface area contributed by atoms with Gasteiger partial charge in [-0.3, -0.25) is 4.79 Å². The number of rotatable bonds is 7. The van der Waals surface area contributed by atoms with Crippen molar-refractivity contribution < 1.29 is 41.8 Å². The molecule has 4 aliphatic rings. The van der Waals surface area contributed by atoms with E-state index < -0.39 is 40.6 Å². The average Bonchev–Trinajstić information content (AvgIpc) is 3.13. The van der Waals surface area contributed by atoms with E-state index in [1.807, 2.05) is 26.4 Å². The van der Waals surface area contributed by atoms with Crippen LogP contribution >= 0.6 is 23.5 Å². The molecule has 0 aromatic carbocycles. The first-order valence-electron chi connectivity index (χ1n) is 12.6. The second-order valence-electron chi connectivity index (χ2n) is 11.2. The molecule has 0 spiro atoms. The Labute approximate surface area is 224 Å². The number of hydrogen-bond donors (Lipinski definition) is 0. The summed E-state index contributed by atoms with van der Waals surface area (Å²) in [7, 11) is 0. The lowest BCUT2D eigenvalue weighted by Gasteiger charge is -2.61. The van der Waals surface area contributed by atoms with Crippen LogP contribution in [0.5, 0.6) is 0 Å². The van der Waals surface area contributed by atoms with Gasteiger partial charge in [0.05, 0.1) is 5.94 Å². The Balaban J connectivity index is 1.80. The standard InChI is InChI=1S/C26H35F3O6S2/c1-23-9-7-16(30)11-15(23)5-6-17-18-8-10-25(34-14-37-4,21(31)33-13-36-3)24(18,2)12-19(20(17)23)35-22(32)26(27,28)29/h11,17-20H,5-10,12-14H2,1-4H3/t17-,18-,19-,20+,23-,24-,25-/m0/s1. The van der Waals surface area contributed by atoms with Gasteiger partial charge in [-0.05, 0) is 74.4 Å². The third-order valence-corrected chi connectivity index (χ3v) is 10.3. The topological polar surface area (TPSA) is 78.9 Å². The summed E-state index contributed by atoms with van der Waals surface area (Å²) in [4.78, 5) is 38.0. The monoisotopic (exact) mass is 564 g/mol. The third-order valence-electron chi connectivity index (χ3n) is 9.55. The van der Waals surface area contributed by atoms with Gasteiger partial charge in [-0.25, -0.2) is 9.59 Å². The van der Waals surface area contributed by atoms with Gasteiger partial charge in [-0.15, -0.1) is 23.5 Å². The van der Waals surface area contributed by atoms with E-state index in [1.54, 1.807) is 6.08 Å². The lowest BCUT2D eigenvalue weighted by atomic mass is 9.45. The number of carbonyl (C=O) groups is 3. The Morgan fingerprint density at radius 2 is 1.78 bits per heavy atom. The van der Waals surface area contributed by atoms with Gasteiger partial charge in [0.25, 0.3) is 0 Å². The van der Waals surface area contributed by atoms with Crippen molar-refractivity contribution in [2.75, 3.05) is 24.4 Å². The van der Waals surface area contributed by atoms with Crippen molar-refractivity contribution >= 4 is 41.2 Å². The Hall–Kier alpha value is -1.20. The number of hydrogen-bond acceptors (Lipinski definition) is 8. The second-order valence-corrected chi connectivity index (χ2v) is 12.8. The van der Waals surface area contributed by atoms with Gasteiger partial charge in [0, 0.05) is 17.8 Å². The van der Waals surface area contributed by atoms with E-state index >= 15 is 0 Å². The van der Waals surface area contributed by atoms with Crippen molar-refractivity contribution in [2.24, 2.45) is 28.6 Å². The minimum Gasteiger partial charge on any atom is -0.455 e. The largest absolute Gasteiger partial charge is 0.490 e. The highest BCUT2D eigenvalue weighted by atomic mass is 32.2. The summed E-state index contributed by atoms with van der Waals surface area (Å²) in [6.45, 7) is 3.90. The molecule has 0 radical (unpaired) electrons. The van der Waals surface area contributed by atoms with Crippen LogP contribution in [0.3, 0.4) is 0 Å². The smallest absolute Gasteiger partial charge is 0.455 e. The number of ether oxygens (including phenoxy) is 3. The van der Waals surface area contributed by atoms with E-state index in [0.717, 1.165) is 5.57 Å². The van der Waals surface area contributed by atoms with Crippen molar-refractivity contribution in [3.8, 4) is 0 Å². The molecule has 0 saturated heterocycles. The number of fused-ring (bicyclic) bond motifs is 5. The zero-order valence-electron chi connectivity index (χ0n) is 21.7. The Bertz CT molecular complexity index is 970. The van der Waals surface area contributed by atoms with Crippen LogP contribution in [-0.2, 0) is 28.6 Å². The van der Waals surface area contributed by atoms with E-state index in [4.69, 9.17) is 14.2 Å². The van der Waals surface area contributed by atoms with Gasteiger partial charge in [-0.1, -0.05) is 19.4 Å². The molecule has 37 heavy (non-hydrogen) atoms. The molecule has 3 fully saturated rings. The van der Waals surface area contributed by atoms with Crippen LogP contribution in [0.2, 0.25) is 0 Å². The molecule has 0 aliphatic heterocycles. The van der Waals surface area contributed by atoms with Gasteiger partial charge in [0.15, 0.2) is 11.4 Å². The zero-order chi connectivity index (χ0) is 27.2. The minimum atomic E-state index is -5.14. The maximum Gasteiger partial charge on any atom is 0.490 e. The van der Waals surface area contributed by atoms with Crippen LogP contribution in [0, 0.1) is 28.6 Å². The van der Waals surface area contributed by atoms with Gasteiger partial charge >= 0.3 is 18.1 Å². The van der Waals surface area contributed by atoms with Crippen LogP contribution in [0.1, 0.15) is 58.8 Å². The van der Waals surface area contributed by atoms with Crippen molar-refractivity contribution in [1.29, 1.82) is 0 Å². The first kappa shape index (κ1) is 28.8. The maximum atomic E-state index is 13.6. The van der Waals surface area contributed by atoms with Crippen LogP contribution in [0.15, 0.2) is 11.6 Å². The quantitative estimate of drug-likeness (QED) is 0.295. The van der Waals surface area contributed by atoms with Crippen LogP contribution in [-0.4, -0.2) is 60.0 Å². The van der Waals surface area contributed by atoms with E-state index in [9.17, 15) is 27.6 Å². The molecule has 208 valence electrons. The fraction of sp³-hybridized carbons (Fsp3) is 0.808. The Morgan fingerprint density at radius 1 is 1.08 bits per heavy atom. The predicted molar refractivity (Wildman–Crippen MR) is 135 cm³/mol. The van der Waals surface area contributed by atoms with Crippen molar-refractivity contribution in [3.63, 3.8) is 0 Å². The van der Waals surface area contributed by atoms with E-state index in [1.165, 1.54) is 23.5 Å². The summed E-state index contributed by atoms with van der Waals surface area (Å²) >= 11 is 2.76. The molecule has 0 bridgehead atoms. The summed E-state index contributed by atoms with van der Waals surface area (Å²) in [5.74, 6) is -2.84. The molecule has 3 saturated carbocycles. The lowest BCUT2D eigenvalue weighted by molar-refractivity contribution is -0.231. The van der Waals surface area contributed by atoms with E-state index in [2.05, 4.69) is 0 Å². The maximum absolute atomic E-state index is 13.6. The Morgan fingerprint density at radius 3 is 2.43 bits per heavy atom. The summed E-state index contributed by atoms with van der Waals surface area (Å²) in [5.41, 5.74) is -1.86. The minimum absolute atomic E-state index is 0.0253. The van der Waals surface area contributed by atoms with Crippen molar-refractivity contribution in [3.05, 3.63) is 11.6 Å². The fourth-order valence-corrected chi connectivity index (χ4v) is 8.52. The number of allylic oxidation sites excluding steroid dienone is 1. The molecule has 4 aliphatic carbocycles. The number of alkyl halides is 3. The molecule has 0 heterocycles. The third kappa shape index (κ3) is 4.75. The highest BCUT2D eigenvalue weighted by molar-refractivity contribution is 7.98. The summed E-state index contributed by atoms with van der Waals surface area (Å²) < 4.78 is 57.4. The number of ketones is 1. The molecule has 0 N–H and O–H groups in total. The molecule has 11 heteroatoms. The molecular formula is C26H35F3O6S2. The molecule has 7 atom stereocenters. The molecule has 0 unspecified atom stereocenters. The number of esters is 2. The second kappa shape index (κ2) is 10.4. The van der Waals surface area contributed by atoms with E-state index in [-0.39, 0.29) is 41.8 Å². The van der Waals surface area contributed by atoms with Crippen molar-refractivity contribution in [1.82, 2.24) is 0 Å². The normalized spacial score (nSPS) is 39.2. The Kier molecular flexibility index (Phi) is 8.10. The van der Waals surface area contributed by atoms with Gasteiger partial charge in [0.2, 0.25) is 0 Å². The summed E-state index contributed by atoms with van der Waals surface area (Å²) in [5, 5.41) is 0. The van der Waals surface area contributed by atoms with E-state index in [0.29, 0.717) is 38.5 Å². The van der Waals surface area contributed by atoms with Crippen LogP contribution < -0.4 is 0 Å². The SMILES string of the molecule is CSCOC(=O)[C@@]1(OCSC)CC[C@H]2[C@@H]3CCC4=CC(=O)CC[C@]4(C)[C@H]3[C@@H](OC(=O)C(F)(F)F)C[C@@]21C. The number of halogens is 3. The van der Waals surface area contributed by atoms with Gasteiger partial charge < -0.3 is 14.2 Å². The molecular weight excluding hydrogens is 529 g/mol. The van der Waals surface area contributed by atoms with Crippen molar-refractivity contribution in [2.45, 2.75) is 76.7 Å². The van der Waals surface area contributed by atoms with Crippen LogP contribution in [0.25, 0.3) is 0 Å². The fourth-order valence-electron chi connectivity index (χ4n) is 7.97. The first-order valence-corrected chi connectivity index (χ1v) is 15.4. The van der Waals surface area contributed by atoms with Gasteiger partial charge in [0.1, 0.15) is 12.0 Å². The summed E-state index contributed by atoms with van der Waals surface area (Å²) in [6, 6.07) is 0. The molecule has 0 aromatic heterocycles.